The number of hydrogen-bond donors (Lipinski definition) is 0. The maximum absolute atomic E-state index is 13.1. The number of hydrogen-bond acceptors (Lipinski definition) is 6. The highest BCUT2D eigenvalue weighted by Crippen LogP contribution is 2.24. The van der Waals surface area contributed by atoms with Gasteiger partial charge in [0.1, 0.15) is 24.3 Å². The van der Waals surface area contributed by atoms with E-state index in [0.717, 1.165) is 34.2 Å². The molecule has 30 heavy (non-hydrogen) atoms. The molecule has 1 saturated heterocycles. The van der Waals surface area contributed by atoms with Crippen LogP contribution in [0.1, 0.15) is 22.5 Å². The van der Waals surface area contributed by atoms with Gasteiger partial charge in [0.25, 0.3) is 0 Å². The van der Waals surface area contributed by atoms with Crippen LogP contribution in [0.2, 0.25) is 0 Å². The van der Waals surface area contributed by atoms with E-state index in [-0.39, 0.29) is 0 Å². The van der Waals surface area contributed by atoms with Crippen LogP contribution in [0.15, 0.2) is 41.8 Å². The van der Waals surface area contributed by atoms with Crippen molar-refractivity contribution in [2.24, 2.45) is 0 Å². The minimum absolute atomic E-state index is 0.386. The molecule has 0 aliphatic carbocycles. The summed E-state index contributed by atoms with van der Waals surface area (Å²) in [6, 6.07) is 7.38. The summed E-state index contributed by atoms with van der Waals surface area (Å²) in [6.07, 6.45) is 3.30. The van der Waals surface area contributed by atoms with Crippen molar-refractivity contribution in [3.05, 3.63) is 59.4 Å². The second kappa shape index (κ2) is 7.81. The Morgan fingerprint density at radius 1 is 0.867 bits per heavy atom. The molecule has 0 radical (unpaired) electrons. The van der Waals surface area contributed by atoms with Gasteiger partial charge in [-0.05, 0) is 39.3 Å². The first-order chi connectivity index (χ1) is 14.3. The molecule has 158 valence electrons. The average Bonchev–Trinajstić information content (AvgIpc) is 3.06. The Bertz CT molecular complexity index is 1180. The number of anilines is 1. The summed E-state index contributed by atoms with van der Waals surface area (Å²) in [7, 11) is -3.51. The quantitative estimate of drug-likeness (QED) is 0.637. The van der Waals surface area contributed by atoms with Crippen LogP contribution in [0, 0.1) is 27.7 Å². The van der Waals surface area contributed by atoms with E-state index in [0.29, 0.717) is 31.1 Å². The van der Waals surface area contributed by atoms with E-state index in [9.17, 15) is 8.42 Å². The van der Waals surface area contributed by atoms with Crippen LogP contribution in [0.4, 0.5) is 5.82 Å². The van der Waals surface area contributed by atoms with Gasteiger partial charge >= 0.3 is 0 Å². The molecular weight excluding hydrogens is 400 g/mol. The lowest BCUT2D eigenvalue weighted by Gasteiger charge is -2.35. The smallest absolute Gasteiger partial charge is 0.243 e. The maximum atomic E-state index is 13.1. The van der Waals surface area contributed by atoms with Crippen LogP contribution in [0.5, 0.6) is 0 Å². The molecule has 3 heterocycles. The van der Waals surface area contributed by atoms with E-state index in [1.165, 1.54) is 6.33 Å². The number of piperazine rings is 1. The molecule has 3 aromatic rings. The van der Waals surface area contributed by atoms with Gasteiger partial charge in [-0.15, -0.1) is 0 Å². The van der Waals surface area contributed by atoms with Gasteiger partial charge in [-0.2, -0.15) is 4.31 Å². The molecule has 0 amide bonds. The zero-order chi connectivity index (χ0) is 21.5. The molecular formula is C21H26N6O2S. The predicted octanol–water partition coefficient (Wildman–Crippen LogP) is 2.41. The fourth-order valence-electron chi connectivity index (χ4n) is 3.76. The van der Waals surface area contributed by atoms with Crippen LogP contribution in [-0.4, -0.2) is 58.4 Å². The highest BCUT2D eigenvalue weighted by Gasteiger charge is 2.30. The molecule has 2 aromatic heterocycles. The monoisotopic (exact) mass is 426 g/mol. The Kier molecular flexibility index (Phi) is 5.33. The van der Waals surface area contributed by atoms with Gasteiger partial charge in [0.05, 0.1) is 10.6 Å². The van der Waals surface area contributed by atoms with Crippen molar-refractivity contribution in [1.82, 2.24) is 23.8 Å². The standard InChI is InChI=1S/C21H26N6O2S/c1-15-5-6-19(16(2)11-15)30(28,29)26-9-7-25(8-10-26)20-12-21(23-13-22-20)27-14-24-17(3)18(27)4/h5-6,11-14H,7-10H2,1-4H3. The molecule has 8 nitrogen and oxygen atoms in total. The summed E-state index contributed by atoms with van der Waals surface area (Å²) in [5.41, 5.74) is 3.83. The molecule has 0 atom stereocenters. The fourth-order valence-corrected chi connectivity index (χ4v) is 5.38. The molecule has 4 rings (SSSR count). The molecule has 0 N–H and O–H groups in total. The second-order valence-electron chi connectivity index (χ2n) is 7.68. The molecule has 0 spiro atoms. The first kappa shape index (κ1) is 20.5. The van der Waals surface area contributed by atoms with E-state index in [1.807, 2.05) is 50.5 Å². The molecule has 1 aliphatic rings. The summed E-state index contributed by atoms with van der Waals surface area (Å²) in [6.45, 7) is 9.74. The second-order valence-corrected chi connectivity index (χ2v) is 9.59. The van der Waals surface area contributed by atoms with E-state index in [1.54, 1.807) is 16.7 Å². The topological polar surface area (TPSA) is 84.2 Å². The minimum atomic E-state index is -3.51. The minimum Gasteiger partial charge on any atom is -0.354 e. The van der Waals surface area contributed by atoms with Crippen molar-refractivity contribution in [2.45, 2.75) is 32.6 Å². The largest absolute Gasteiger partial charge is 0.354 e. The van der Waals surface area contributed by atoms with Crippen LogP contribution >= 0.6 is 0 Å². The third kappa shape index (κ3) is 3.70. The lowest BCUT2D eigenvalue weighted by molar-refractivity contribution is 0.383. The Hall–Kier alpha value is -2.78. The Balaban J connectivity index is 1.51. The SMILES string of the molecule is Cc1ccc(S(=O)(=O)N2CCN(c3cc(-n4cnc(C)c4C)ncn3)CC2)c(C)c1. The molecule has 9 heteroatoms. The average molecular weight is 427 g/mol. The van der Waals surface area contributed by atoms with Crippen molar-refractivity contribution >= 4 is 15.8 Å². The highest BCUT2D eigenvalue weighted by molar-refractivity contribution is 7.89. The van der Waals surface area contributed by atoms with Crippen molar-refractivity contribution in [1.29, 1.82) is 0 Å². The molecule has 1 aromatic carbocycles. The highest BCUT2D eigenvalue weighted by atomic mass is 32.2. The summed E-state index contributed by atoms with van der Waals surface area (Å²) >= 11 is 0. The molecule has 1 aliphatic heterocycles. The first-order valence-electron chi connectivity index (χ1n) is 9.92. The first-order valence-corrected chi connectivity index (χ1v) is 11.4. The summed E-state index contributed by atoms with van der Waals surface area (Å²) in [5, 5.41) is 0. The third-order valence-corrected chi connectivity index (χ3v) is 7.71. The molecule has 0 saturated carbocycles. The van der Waals surface area contributed by atoms with Crippen molar-refractivity contribution in [3.63, 3.8) is 0 Å². The Morgan fingerprint density at radius 2 is 1.57 bits per heavy atom. The third-order valence-electron chi connectivity index (χ3n) is 5.65. The molecule has 0 bridgehead atoms. The van der Waals surface area contributed by atoms with Crippen LogP contribution in [0.3, 0.4) is 0 Å². The van der Waals surface area contributed by atoms with Crippen molar-refractivity contribution in [2.75, 3.05) is 31.1 Å². The van der Waals surface area contributed by atoms with Gasteiger partial charge in [0, 0.05) is 37.9 Å². The van der Waals surface area contributed by atoms with Crippen molar-refractivity contribution < 1.29 is 8.42 Å². The number of benzene rings is 1. The number of aryl methyl sites for hydroxylation is 3. The fraction of sp³-hybridized carbons (Fsp3) is 0.381. The number of nitrogens with zero attached hydrogens (tertiary/aromatic N) is 6. The number of rotatable bonds is 4. The van der Waals surface area contributed by atoms with Crippen LogP contribution in [-0.2, 0) is 10.0 Å². The maximum Gasteiger partial charge on any atom is 0.243 e. The zero-order valence-electron chi connectivity index (χ0n) is 17.7. The summed E-state index contributed by atoms with van der Waals surface area (Å²) in [5.74, 6) is 1.54. The normalized spacial score (nSPS) is 15.5. The lowest BCUT2D eigenvalue weighted by atomic mass is 10.2. The zero-order valence-corrected chi connectivity index (χ0v) is 18.5. The lowest BCUT2D eigenvalue weighted by Crippen LogP contribution is -2.49. The van der Waals surface area contributed by atoms with Gasteiger partial charge in [-0.3, -0.25) is 4.57 Å². The molecule has 1 fully saturated rings. The summed E-state index contributed by atoms with van der Waals surface area (Å²) in [4.78, 5) is 15.6. The van der Waals surface area contributed by atoms with E-state index < -0.39 is 10.0 Å². The van der Waals surface area contributed by atoms with E-state index >= 15 is 0 Å². The van der Waals surface area contributed by atoms with E-state index in [4.69, 9.17) is 0 Å². The van der Waals surface area contributed by atoms with Crippen molar-refractivity contribution in [3.8, 4) is 5.82 Å². The van der Waals surface area contributed by atoms with E-state index in [2.05, 4.69) is 19.9 Å². The predicted molar refractivity (Wildman–Crippen MR) is 116 cm³/mol. The van der Waals surface area contributed by atoms with Crippen LogP contribution in [0.25, 0.3) is 5.82 Å². The van der Waals surface area contributed by atoms with Gasteiger partial charge in [0.2, 0.25) is 10.0 Å². The number of imidazole rings is 1. The summed E-state index contributed by atoms with van der Waals surface area (Å²) < 4.78 is 29.7. The number of aromatic nitrogens is 4. The Morgan fingerprint density at radius 3 is 2.20 bits per heavy atom. The Labute approximate surface area is 177 Å². The molecule has 0 unspecified atom stereocenters. The van der Waals surface area contributed by atoms with Gasteiger partial charge in [0.15, 0.2) is 0 Å². The van der Waals surface area contributed by atoms with Gasteiger partial charge in [-0.1, -0.05) is 17.7 Å². The van der Waals surface area contributed by atoms with Gasteiger partial charge in [-0.25, -0.2) is 23.4 Å². The van der Waals surface area contributed by atoms with Gasteiger partial charge < -0.3 is 4.90 Å². The van der Waals surface area contributed by atoms with Crippen LogP contribution < -0.4 is 4.90 Å². The number of sulfonamides is 1.